The molecule has 0 aliphatic carbocycles. The number of hydrogen-bond donors (Lipinski definition) is 3. The summed E-state index contributed by atoms with van der Waals surface area (Å²) in [4.78, 5) is 16.8. The topological polar surface area (TPSA) is 90.9 Å². The summed E-state index contributed by atoms with van der Waals surface area (Å²) in [6.45, 7) is 7.93. The predicted molar refractivity (Wildman–Crippen MR) is 109 cm³/mol. The molecule has 0 aliphatic heterocycles. The summed E-state index contributed by atoms with van der Waals surface area (Å²) >= 11 is 0. The van der Waals surface area contributed by atoms with Gasteiger partial charge in [-0.2, -0.15) is 5.10 Å². The van der Waals surface area contributed by atoms with Crippen LogP contribution in [0.15, 0.2) is 42.7 Å². The normalized spacial score (nSPS) is 11.5. The lowest BCUT2D eigenvalue weighted by molar-refractivity contribution is 0.0782. The van der Waals surface area contributed by atoms with Gasteiger partial charge in [0.2, 0.25) is 0 Å². The molecule has 1 amide bonds. The number of carbonyl (C=O) groups is 1. The highest BCUT2D eigenvalue weighted by Crippen LogP contribution is 2.25. The second kappa shape index (κ2) is 7.94. The van der Waals surface area contributed by atoms with Crippen molar-refractivity contribution in [2.45, 2.75) is 39.7 Å². The number of H-pyrrole nitrogens is 1. The van der Waals surface area contributed by atoms with Gasteiger partial charge in [-0.05, 0) is 63.4 Å². The van der Waals surface area contributed by atoms with Crippen LogP contribution in [0.2, 0.25) is 0 Å². The molecule has 0 aliphatic rings. The number of nitrogens with zero attached hydrogens (tertiary/aromatic N) is 2. The molecule has 6 nitrogen and oxygen atoms in total. The molecule has 146 valence electrons. The van der Waals surface area contributed by atoms with Crippen LogP contribution >= 0.6 is 0 Å². The lowest BCUT2D eigenvalue weighted by atomic mass is 9.96. The van der Waals surface area contributed by atoms with Crippen molar-refractivity contribution in [2.24, 2.45) is 0 Å². The van der Waals surface area contributed by atoms with Gasteiger partial charge in [0, 0.05) is 41.3 Å². The van der Waals surface area contributed by atoms with E-state index < -0.39 is 5.60 Å². The second-order valence-electron chi connectivity index (χ2n) is 7.52. The van der Waals surface area contributed by atoms with Crippen LogP contribution in [-0.2, 0) is 12.0 Å². The highest BCUT2D eigenvalue weighted by atomic mass is 16.3. The summed E-state index contributed by atoms with van der Waals surface area (Å²) < 4.78 is 0. The van der Waals surface area contributed by atoms with Crippen LogP contribution in [0.1, 0.15) is 46.7 Å². The van der Waals surface area contributed by atoms with Gasteiger partial charge in [-0.3, -0.25) is 14.9 Å². The summed E-state index contributed by atoms with van der Waals surface area (Å²) in [7, 11) is 0. The molecule has 0 fully saturated rings. The van der Waals surface area contributed by atoms with Crippen LogP contribution in [0.4, 0.5) is 0 Å². The molecule has 1 aromatic carbocycles. The molecular weight excluding hydrogens is 352 g/mol. The lowest BCUT2D eigenvalue weighted by Crippen LogP contribution is -2.25. The molecule has 0 radical (unpaired) electrons. The minimum absolute atomic E-state index is 0.118. The zero-order chi connectivity index (χ0) is 20.3. The first kappa shape index (κ1) is 19.8. The Morgan fingerprint density at radius 1 is 1.18 bits per heavy atom. The third kappa shape index (κ3) is 4.46. The SMILES string of the molecule is Cc1n[nH]c(C)c1CCNC(=O)c1cccc(-c2cncc(C(C)(C)O)c2)c1. The van der Waals surface area contributed by atoms with Gasteiger partial charge < -0.3 is 10.4 Å². The van der Waals surface area contributed by atoms with Gasteiger partial charge in [-0.1, -0.05) is 12.1 Å². The molecule has 3 aromatic rings. The number of aryl methyl sites for hydroxylation is 2. The molecule has 3 rings (SSSR count). The second-order valence-corrected chi connectivity index (χ2v) is 7.52. The summed E-state index contributed by atoms with van der Waals surface area (Å²) in [6.07, 6.45) is 4.12. The minimum Gasteiger partial charge on any atom is -0.386 e. The van der Waals surface area contributed by atoms with Crippen molar-refractivity contribution in [1.29, 1.82) is 0 Å². The van der Waals surface area contributed by atoms with Crippen molar-refractivity contribution in [3.8, 4) is 11.1 Å². The maximum atomic E-state index is 12.6. The van der Waals surface area contributed by atoms with Crippen LogP contribution in [0, 0.1) is 13.8 Å². The molecule has 0 spiro atoms. The quantitative estimate of drug-likeness (QED) is 0.614. The maximum absolute atomic E-state index is 12.6. The summed E-state index contributed by atoms with van der Waals surface area (Å²) in [6, 6.07) is 9.31. The number of carbonyl (C=O) groups excluding carboxylic acids is 1. The fourth-order valence-corrected chi connectivity index (χ4v) is 3.12. The van der Waals surface area contributed by atoms with Crippen molar-refractivity contribution in [3.05, 3.63) is 70.8 Å². The Balaban J connectivity index is 1.72. The fraction of sp³-hybridized carbons (Fsp3) is 0.318. The number of amides is 1. The average molecular weight is 378 g/mol. The van der Waals surface area contributed by atoms with E-state index in [0.29, 0.717) is 12.1 Å². The lowest BCUT2D eigenvalue weighted by Gasteiger charge is -2.18. The van der Waals surface area contributed by atoms with Crippen LogP contribution in [-0.4, -0.2) is 32.7 Å². The van der Waals surface area contributed by atoms with Crippen LogP contribution < -0.4 is 5.32 Å². The van der Waals surface area contributed by atoms with Crippen molar-refractivity contribution >= 4 is 5.91 Å². The highest BCUT2D eigenvalue weighted by molar-refractivity contribution is 5.95. The number of pyridine rings is 1. The summed E-state index contributed by atoms with van der Waals surface area (Å²) in [5.41, 5.74) is 5.23. The van der Waals surface area contributed by atoms with E-state index in [9.17, 15) is 9.90 Å². The number of aliphatic hydroxyl groups is 1. The number of nitrogens with one attached hydrogen (secondary N) is 2. The molecule has 0 saturated heterocycles. The van der Waals surface area contributed by atoms with Crippen molar-refractivity contribution in [3.63, 3.8) is 0 Å². The fourth-order valence-electron chi connectivity index (χ4n) is 3.12. The van der Waals surface area contributed by atoms with Crippen molar-refractivity contribution in [2.75, 3.05) is 6.54 Å². The largest absolute Gasteiger partial charge is 0.386 e. The molecule has 28 heavy (non-hydrogen) atoms. The van der Waals surface area contributed by atoms with E-state index in [2.05, 4.69) is 20.5 Å². The van der Waals surface area contributed by atoms with Gasteiger partial charge in [0.05, 0.1) is 11.3 Å². The monoisotopic (exact) mass is 378 g/mol. The Kier molecular flexibility index (Phi) is 5.61. The van der Waals surface area contributed by atoms with E-state index in [4.69, 9.17) is 0 Å². The first-order valence-electron chi connectivity index (χ1n) is 9.32. The molecule has 3 N–H and O–H groups in total. The van der Waals surface area contributed by atoms with E-state index in [1.54, 1.807) is 32.3 Å². The Labute approximate surface area is 165 Å². The molecule has 0 unspecified atom stereocenters. The number of rotatable bonds is 6. The molecule has 0 atom stereocenters. The minimum atomic E-state index is -0.971. The maximum Gasteiger partial charge on any atom is 0.251 e. The molecule has 2 heterocycles. The van der Waals surface area contributed by atoms with E-state index >= 15 is 0 Å². The van der Waals surface area contributed by atoms with Crippen LogP contribution in [0.5, 0.6) is 0 Å². The Hall–Kier alpha value is -2.99. The molecule has 0 bridgehead atoms. The van der Waals surface area contributed by atoms with Crippen molar-refractivity contribution in [1.82, 2.24) is 20.5 Å². The zero-order valence-corrected chi connectivity index (χ0v) is 16.7. The average Bonchev–Trinajstić information content (AvgIpc) is 2.99. The smallest absolute Gasteiger partial charge is 0.251 e. The van der Waals surface area contributed by atoms with Gasteiger partial charge in [-0.25, -0.2) is 0 Å². The van der Waals surface area contributed by atoms with Gasteiger partial charge in [-0.15, -0.1) is 0 Å². The Bertz CT molecular complexity index is 967. The van der Waals surface area contributed by atoms with Crippen molar-refractivity contribution < 1.29 is 9.90 Å². The van der Waals surface area contributed by atoms with Crippen LogP contribution in [0.3, 0.4) is 0 Å². The number of hydrogen-bond acceptors (Lipinski definition) is 4. The van der Waals surface area contributed by atoms with E-state index in [1.807, 2.05) is 38.1 Å². The first-order chi connectivity index (χ1) is 13.3. The van der Waals surface area contributed by atoms with Crippen LogP contribution in [0.25, 0.3) is 11.1 Å². The third-order valence-corrected chi connectivity index (χ3v) is 4.84. The summed E-state index contributed by atoms with van der Waals surface area (Å²) in [5, 5.41) is 20.3. The van der Waals surface area contributed by atoms with Gasteiger partial charge in [0.15, 0.2) is 0 Å². The zero-order valence-electron chi connectivity index (χ0n) is 16.7. The number of benzene rings is 1. The van der Waals surface area contributed by atoms with Gasteiger partial charge >= 0.3 is 0 Å². The first-order valence-corrected chi connectivity index (χ1v) is 9.32. The predicted octanol–water partition coefficient (Wildman–Crippen LogP) is 3.29. The third-order valence-electron chi connectivity index (χ3n) is 4.84. The molecule has 2 aromatic heterocycles. The Morgan fingerprint density at radius 3 is 2.64 bits per heavy atom. The molecule has 6 heteroatoms. The molecular formula is C22H26N4O2. The number of aromatic nitrogens is 3. The number of aromatic amines is 1. The van der Waals surface area contributed by atoms with E-state index in [0.717, 1.165) is 40.1 Å². The summed E-state index contributed by atoms with van der Waals surface area (Å²) in [5.74, 6) is -0.118. The highest BCUT2D eigenvalue weighted by Gasteiger charge is 2.17. The Morgan fingerprint density at radius 2 is 1.96 bits per heavy atom. The standard InChI is InChI=1S/C22H26N4O2/c1-14-20(15(2)26-25-14)8-9-24-21(27)17-7-5-6-16(10-17)18-11-19(13-23-12-18)22(3,4)28/h5-7,10-13,28H,8-9H2,1-4H3,(H,24,27)(H,25,26). The van der Waals surface area contributed by atoms with Gasteiger partial charge in [0.25, 0.3) is 5.91 Å². The van der Waals surface area contributed by atoms with E-state index in [1.165, 1.54) is 0 Å². The molecule has 0 saturated carbocycles. The van der Waals surface area contributed by atoms with E-state index in [-0.39, 0.29) is 5.91 Å². The van der Waals surface area contributed by atoms with Gasteiger partial charge in [0.1, 0.15) is 0 Å².